The van der Waals surface area contributed by atoms with Gasteiger partial charge in [-0.1, -0.05) is 0 Å². The summed E-state index contributed by atoms with van der Waals surface area (Å²) in [6, 6.07) is 3.70. The summed E-state index contributed by atoms with van der Waals surface area (Å²) in [5, 5.41) is 3.20. The highest BCUT2D eigenvalue weighted by molar-refractivity contribution is 6.22. The van der Waals surface area contributed by atoms with Gasteiger partial charge in [-0.3, -0.25) is 4.98 Å². The van der Waals surface area contributed by atoms with Crippen molar-refractivity contribution in [2.45, 2.75) is 12.5 Å². The van der Waals surface area contributed by atoms with Crippen molar-refractivity contribution in [3.05, 3.63) is 24.5 Å². The molecule has 0 aliphatic carbocycles. The van der Waals surface area contributed by atoms with E-state index in [2.05, 4.69) is 20.3 Å². The molecule has 0 aromatic carbocycles. The molecule has 90 valence electrons. The molecule has 0 atom stereocenters. The minimum absolute atomic E-state index is 0.383. The molecule has 0 bridgehead atoms. The molecular formula is C11H12Cl2N4. The quantitative estimate of drug-likeness (QED) is 0.868. The van der Waals surface area contributed by atoms with Crippen molar-refractivity contribution < 1.29 is 0 Å². The summed E-state index contributed by atoms with van der Waals surface area (Å²) in [5.41, 5.74) is 0.979. The molecule has 2 aromatic heterocycles. The Balaban J connectivity index is 2.31. The monoisotopic (exact) mass is 270 g/mol. The maximum atomic E-state index is 5.87. The minimum atomic E-state index is -0.383. The average Bonchev–Trinajstić information content (AvgIpc) is 2.38. The number of halogens is 2. The number of pyridine rings is 1. The molecule has 2 heterocycles. The third-order valence-corrected chi connectivity index (χ3v) is 3.53. The van der Waals surface area contributed by atoms with Crippen LogP contribution in [-0.2, 0) is 0 Å². The van der Waals surface area contributed by atoms with E-state index in [-0.39, 0.29) is 5.54 Å². The number of nitrogens with zero attached hydrogens (tertiary/aromatic N) is 3. The fourth-order valence-corrected chi connectivity index (χ4v) is 1.76. The highest BCUT2D eigenvalue weighted by atomic mass is 35.5. The van der Waals surface area contributed by atoms with E-state index in [1.807, 2.05) is 19.1 Å². The predicted octanol–water partition coefficient (Wildman–Crippen LogP) is 2.67. The van der Waals surface area contributed by atoms with E-state index in [1.54, 1.807) is 12.4 Å². The van der Waals surface area contributed by atoms with E-state index in [0.29, 0.717) is 23.2 Å². The molecule has 2 aromatic rings. The van der Waals surface area contributed by atoms with E-state index in [0.717, 1.165) is 5.52 Å². The Hall–Kier alpha value is -1.13. The number of fused-ring (bicyclic) bond motifs is 1. The largest absolute Gasteiger partial charge is 0.362 e. The second kappa shape index (κ2) is 5.02. The van der Waals surface area contributed by atoms with E-state index < -0.39 is 0 Å². The van der Waals surface area contributed by atoms with Crippen molar-refractivity contribution in [1.82, 2.24) is 15.0 Å². The van der Waals surface area contributed by atoms with Crippen LogP contribution in [0.4, 0.5) is 5.82 Å². The normalized spacial score (nSPS) is 11.7. The molecule has 2 rings (SSSR count). The summed E-state index contributed by atoms with van der Waals surface area (Å²) in [6.07, 6.45) is 3.25. The van der Waals surface area contributed by atoms with E-state index in [4.69, 9.17) is 23.2 Å². The van der Waals surface area contributed by atoms with Gasteiger partial charge in [0.1, 0.15) is 11.3 Å². The van der Waals surface area contributed by atoms with Crippen LogP contribution in [0.15, 0.2) is 24.5 Å². The number of rotatable bonds is 4. The first kappa shape index (κ1) is 12.3. The van der Waals surface area contributed by atoms with Gasteiger partial charge < -0.3 is 5.32 Å². The summed E-state index contributed by atoms with van der Waals surface area (Å²) >= 11 is 11.7. The van der Waals surface area contributed by atoms with Gasteiger partial charge in [-0.05, 0) is 19.1 Å². The van der Waals surface area contributed by atoms with Gasteiger partial charge >= 0.3 is 0 Å². The predicted molar refractivity (Wildman–Crippen MR) is 70.8 cm³/mol. The van der Waals surface area contributed by atoms with E-state index >= 15 is 0 Å². The second-order valence-corrected chi connectivity index (χ2v) is 4.58. The van der Waals surface area contributed by atoms with Crippen molar-refractivity contribution >= 4 is 40.2 Å². The van der Waals surface area contributed by atoms with Gasteiger partial charge in [0.25, 0.3) is 0 Å². The molecule has 0 spiro atoms. The lowest BCUT2D eigenvalue weighted by Crippen LogP contribution is -2.39. The Labute approximate surface area is 109 Å². The zero-order chi connectivity index (χ0) is 12.3. The van der Waals surface area contributed by atoms with E-state index in [1.165, 1.54) is 0 Å². The Morgan fingerprint density at radius 1 is 1.18 bits per heavy atom. The van der Waals surface area contributed by atoms with Crippen LogP contribution in [-0.4, -0.2) is 32.3 Å². The Morgan fingerprint density at radius 3 is 2.59 bits per heavy atom. The smallest absolute Gasteiger partial charge is 0.180 e. The number of nitrogens with one attached hydrogen (secondary N) is 1. The summed E-state index contributed by atoms with van der Waals surface area (Å²) in [6.45, 7) is 1.94. The molecule has 17 heavy (non-hydrogen) atoms. The SMILES string of the molecule is CC(CCl)(CCl)Nc1ccc2nccnc2n1. The highest BCUT2D eigenvalue weighted by Crippen LogP contribution is 2.18. The number of anilines is 1. The fraction of sp³-hybridized carbons (Fsp3) is 0.364. The molecule has 0 saturated heterocycles. The first-order valence-corrected chi connectivity index (χ1v) is 6.22. The lowest BCUT2D eigenvalue weighted by Gasteiger charge is -2.26. The number of alkyl halides is 2. The number of aromatic nitrogens is 3. The molecule has 0 unspecified atom stereocenters. The molecule has 4 nitrogen and oxygen atoms in total. The lowest BCUT2D eigenvalue weighted by atomic mass is 10.1. The summed E-state index contributed by atoms with van der Waals surface area (Å²) < 4.78 is 0. The minimum Gasteiger partial charge on any atom is -0.362 e. The Kier molecular flexibility index (Phi) is 3.64. The van der Waals surface area contributed by atoms with Crippen molar-refractivity contribution in [1.29, 1.82) is 0 Å². The van der Waals surface area contributed by atoms with Gasteiger partial charge in [0.2, 0.25) is 0 Å². The van der Waals surface area contributed by atoms with Crippen molar-refractivity contribution in [3.8, 4) is 0 Å². The average molecular weight is 271 g/mol. The molecule has 0 amide bonds. The zero-order valence-electron chi connectivity index (χ0n) is 9.32. The van der Waals surface area contributed by atoms with Crippen LogP contribution in [0.25, 0.3) is 11.2 Å². The number of hydrogen-bond acceptors (Lipinski definition) is 4. The number of hydrogen-bond donors (Lipinski definition) is 1. The molecular weight excluding hydrogens is 259 g/mol. The molecule has 0 saturated carbocycles. The van der Waals surface area contributed by atoms with Gasteiger partial charge in [-0.25, -0.2) is 9.97 Å². The Bertz CT molecular complexity index is 514. The first-order chi connectivity index (χ1) is 8.17. The van der Waals surface area contributed by atoms with Gasteiger partial charge in [-0.2, -0.15) is 0 Å². The van der Waals surface area contributed by atoms with Crippen LogP contribution in [0.1, 0.15) is 6.92 Å². The van der Waals surface area contributed by atoms with Gasteiger partial charge in [0, 0.05) is 24.2 Å². The standard InChI is InChI=1S/C11H12Cl2N4/c1-11(6-12,7-13)17-9-3-2-8-10(16-9)15-5-4-14-8/h2-5H,6-7H2,1H3,(H,15,16,17). The van der Waals surface area contributed by atoms with Crippen LogP contribution in [0.2, 0.25) is 0 Å². The Morgan fingerprint density at radius 2 is 1.88 bits per heavy atom. The molecule has 0 fully saturated rings. The van der Waals surface area contributed by atoms with Gasteiger partial charge in [0.05, 0.1) is 5.54 Å². The molecule has 6 heteroatoms. The van der Waals surface area contributed by atoms with Crippen LogP contribution in [0.3, 0.4) is 0 Å². The third-order valence-electron chi connectivity index (χ3n) is 2.35. The summed E-state index contributed by atoms with van der Waals surface area (Å²) in [5.74, 6) is 1.50. The summed E-state index contributed by atoms with van der Waals surface area (Å²) in [7, 11) is 0. The maximum absolute atomic E-state index is 5.87. The van der Waals surface area contributed by atoms with Crippen LogP contribution in [0.5, 0.6) is 0 Å². The second-order valence-electron chi connectivity index (χ2n) is 4.05. The summed E-state index contributed by atoms with van der Waals surface area (Å²) in [4.78, 5) is 12.7. The molecule has 0 radical (unpaired) electrons. The lowest BCUT2D eigenvalue weighted by molar-refractivity contribution is 0.645. The van der Waals surface area contributed by atoms with Crippen molar-refractivity contribution in [3.63, 3.8) is 0 Å². The maximum Gasteiger partial charge on any atom is 0.180 e. The topological polar surface area (TPSA) is 50.7 Å². The van der Waals surface area contributed by atoms with Crippen LogP contribution in [0, 0.1) is 0 Å². The molecule has 0 aliphatic rings. The zero-order valence-corrected chi connectivity index (χ0v) is 10.8. The fourth-order valence-electron chi connectivity index (χ4n) is 1.34. The van der Waals surface area contributed by atoms with Crippen LogP contribution < -0.4 is 5.32 Å². The van der Waals surface area contributed by atoms with Crippen molar-refractivity contribution in [2.75, 3.05) is 17.1 Å². The van der Waals surface area contributed by atoms with Gasteiger partial charge in [-0.15, -0.1) is 23.2 Å². The van der Waals surface area contributed by atoms with Crippen molar-refractivity contribution in [2.24, 2.45) is 0 Å². The van der Waals surface area contributed by atoms with E-state index in [9.17, 15) is 0 Å². The van der Waals surface area contributed by atoms with Gasteiger partial charge in [0.15, 0.2) is 5.65 Å². The highest BCUT2D eigenvalue weighted by Gasteiger charge is 2.22. The third kappa shape index (κ3) is 2.76. The molecule has 0 aliphatic heterocycles. The first-order valence-electron chi connectivity index (χ1n) is 5.15. The molecule has 1 N–H and O–H groups in total. The van der Waals surface area contributed by atoms with Crippen LogP contribution >= 0.6 is 23.2 Å².